The van der Waals surface area contributed by atoms with Crippen LogP contribution in [0.4, 0.5) is 13.2 Å². The summed E-state index contributed by atoms with van der Waals surface area (Å²) in [6.45, 7) is 6.29. The van der Waals surface area contributed by atoms with Gasteiger partial charge in [0, 0.05) is 0 Å². The zero-order valence-electron chi connectivity index (χ0n) is 9.69. The van der Waals surface area contributed by atoms with E-state index in [1.165, 1.54) is 12.2 Å². The van der Waals surface area contributed by atoms with Crippen molar-refractivity contribution < 1.29 is 17.9 Å². The van der Waals surface area contributed by atoms with Crippen LogP contribution >= 0.6 is 0 Å². The van der Waals surface area contributed by atoms with Gasteiger partial charge >= 0.3 is 6.18 Å². The van der Waals surface area contributed by atoms with Crippen LogP contribution in [0.15, 0.2) is 24.0 Å². The zero-order chi connectivity index (χ0) is 12.3. The van der Waals surface area contributed by atoms with E-state index < -0.39 is 12.8 Å². The number of rotatable bonds is 4. The van der Waals surface area contributed by atoms with E-state index in [0.29, 0.717) is 0 Å². The van der Waals surface area contributed by atoms with Crippen molar-refractivity contribution in [3.63, 3.8) is 0 Å². The second-order valence-electron chi connectivity index (χ2n) is 2.41. The molecule has 0 fully saturated rings. The minimum Gasteiger partial charge on any atom is -0.484 e. The minimum absolute atomic E-state index is 0.249. The predicted octanol–water partition coefficient (Wildman–Crippen LogP) is 4.46. The molecule has 15 heavy (non-hydrogen) atoms. The van der Waals surface area contributed by atoms with Crippen molar-refractivity contribution in [2.24, 2.45) is 0 Å². The van der Waals surface area contributed by atoms with Crippen molar-refractivity contribution in [2.45, 2.75) is 40.3 Å². The molecule has 0 amide bonds. The molecular weight excluding hydrogens is 205 g/mol. The molecule has 0 radical (unpaired) electrons. The highest BCUT2D eigenvalue weighted by atomic mass is 19.4. The lowest BCUT2D eigenvalue weighted by molar-refractivity contribution is -0.163. The van der Waals surface area contributed by atoms with Gasteiger partial charge in [0.1, 0.15) is 5.76 Å². The van der Waals surface area contributed by atoms with Crippen LogP contribution in [0.1, 0.15) is 34.1 Å². The van der Waals surface area contributed by atoms with Gasteiger partial charge in [-0.05, 0) is 25.5 Å². The van der Waals surface area contributed by atoms with Crippen LogP contribution in [0.2, 0.25) is 0 Å². The van der Waals surface area contributed by atoms with Crippen LogP contribution in [0.5, 0.6) is 0 Å². The fourth-order valence-corrected chi connectivity index (χ4v) is 0.627. The standard InChI is InChI=1S/C9H13F3O.C2H6/c1-3-5-6-8(4-2)13-7-9(10,11)12;1-2/h4-6H,3,7H2,1-2H3;1-2H3/b6-5-,8-4+;. The second-order valence-corrected chi connectivity index (χ2v) is 2.41. The summed E-state index contributed by atoms with van der Waals surface area (Å²) in [6, 6.07) is 0. The lowest BCUT2D eigenvalue weighted by atomic mass is 10.3. The molecule has 0 atom stereocenters. The van der Waals surface area contributed by atoms with Crippen LogP contribution in [0.25, 0.3) is 0 Å². The van der Waals surface area contributed by atoms with Crippen molar-refractivity contribution in [1.82, 2.24) is 0 Å². The highest BCUT2D eigenvalue weighted by Gasteiger charge is 2.28. The van der Waals surface area contributed by atoms with Crippen molar-refractivity contribution >= 4 is 0 Å². The second kappa shape index (κ2) is 9.62. The van der Waals surface area contributed by atoms with Crippen LogP contribution in [-0.2, 0) is 4.74 Å². The molecule has 0 N–H and O–H groups in total. The van der Waals surface area contributed by atoms with Gasteiger partial charge in [0.2, 0.25) is 0 Å². The molecule has 0 aromatic heterocycles. The maximum Gasteiger partial charge on any atom is 0.422 e. The molecule has 0 rings (SSSR count). The third-order valence-electron chi connectivity index (χ3n) is 1.20. The Labute approximate surface area is 89.6 Å². The summed E-state index contributed by atoms with van der Waals surface area (Å²) in [6.07, 6.45) is 1.27. The Morgan fingerprint density at radius 1 is 1.27 bits per heavy atom. The van der Waals surface area contributed by atoms with E-state index in [1.807, 2.05) is 20.8 Å². The van der Waals surface area contributed by atoms with Gasteiger partial charge in [0.15, 0.2) is 6.61 Å². The molecule has 0 saturated carbocycles. The van der Waals surface area contributed by atoms with Crippen molar-refractivity contribution in [2.75, 3.05) is 6.61 Å². The van der Waals surface area contributed by atoms with Gasteiger partial charge in [0.25, 0.3) is 0 Å². The summed E-state index contributed by atoms with van der Waals surface area (Å²) in [7, 11) is 0. The maximum atomic E-state index is 11.7. The zero-order valence-corrected chi connectivity index (χ0v) is 9.69. The van der Waals surface area contributed by atoms with Gasteiger partial charge in [0.05, 0.1) is 0 Å². The van der Waals surface area contributed by atoms with Crippen LogP contribution in [-0.4, -0.2) is 12.8 Å². The highest BCUT2D eigenvalue weighted by Crippen LogP contribution is 2.16. The molecule has 0 heterocycles. The first-order valence-corrected chi connectivity index (χ1v) is 5.02. The molecule has 0 aromatic rings. The van der Waals surface area contributed by atoms with Crippen molar-refractivity contribution in [1.29, 1.82) is 0 Å². The Hall–Kier alpha value is -0.930. The molecule has 0 unspecified atom stereocenters. The van der Waals surface area contributed by atoms with Gasteiger partial charge in [-0.2, -0.15) is 13.2 Å². The minimum atomic E-state index is -4.27. The maximum absolute atomic E-state index is 11.7. The lowest BCUT2D eigenvalue weighted by Crippen LogP contribution is -2.16. The Morgan fingerprint density at radius 3 is 2.13 bits per heavy atom. The van der Waals surface area contributed by atoms with E-state index in [1.54, 1.807) is 13.0 Å². The molecule has 0 aliphatic heterocycles. The molecule has 0 aliphatic carbocycles. The average molecular weight is 224 g/mol. The van der Waals surface area contributed by atoms with Gasteiger partial charge in [-0.3, -0.25) is 0 Å². The molecule has 0 spiro atoms. The first kappa shape index (κ1) is 16.5. The van der Waals surface area contributed by atoms with Gasteiger partial charge in [-0.1, -0.05) is 26.8 Å². The SMILES string of the molecule is C/C=C(\C=C/CC)OCC(F)(F)F.CC. The Bertz CT molecular complexity index is 192. The molecular formula is C11H19F3O. The molecule has 0 aromatic carbocycles. The average Bonchev–Trinajstić information content (AvgIpc) is 2.20. The summed E-state index contributed by atoms with van der Waals surface area (Å²) < 4.78 is 39.6. The van der Waals surface area contributed by atoms with E-state index in [0.717, 1.165) is 6.42 Å². The first-order valence-electron chi connectivity index (χ1n) is 5.02. The quantitative estimate of drug-likeness (QED) is 0.506. The molecule has 1 nitrogen and oxygen atoms in total. The monoisotopic (exact) mass is 224 g/mol. The smallest absolute Gasteiger partial charge is 0.422 e. The Morgan fingerprint density at radius 2 is 1.80 bits per heavy atom. The largest absolute Gasteiger partial charge is 0.484 e. The van der Waals surface area contributed by atoms with Crippen molar-refractivity contribution in [3.05, 3.63) is 24.0 Å². The highest BCUT2D eigenvalue weighted by molar-refractivity contribution is 5.10. The molecule has 4 heteroatoms. The Kier molecular flexibility index (Phi) is 10.6. The number of ether oxygens (including phenoxy) is 1. The van der Waals surface area contributed by atoms with E-state index in [2.05, 4.69) is 4.74 Å². The van der Waals surface area contributed by atoms with Crippen LogP contribution < -0.4 is 0 Å². The number of hydrogen-bond donors (Lipinski definition) is 0. The fourth-order valence-electron chi connectivity index (χ4n) is 0.627. The lowest BCUT2D eigenvalue weighted by Gasteiger charge is -2.08. The van der Waals surface area contributed by atoms with E-state index in [-0.39, 0.29) is 5.76 Å². The number of allylic oxidation sites excluding steroid dienone is 3. The third kappa shape index (κ3) is 13.1. The first-order chi connectivity index (χ1) is 6.99. The Balaban J connectivity index is 0. The summed E-state index contributed by atoms with van der Waals surface area (Å²) >= 11 is 0. The van der Waals surface area contributed by atoms with Gasteiger partial charge in [-0.25, -0.2) is 0 Å². The molecule has 0 aliphatic rings. The third-order valence-corrected chi connectivity index (χ3v) is 1.20. The fraction of sp³-hybridized carbons (Fsp3) is 0.636. The summed E-state index contributed by atoms with van der Waals surface area (Å²) in [4.78, 5) is 0. The van der Waals surface area contributed by atoms with E-state index in [9.17, 15) is 13.2 Å². The van der Waals surface area contributed by atoms with Gasteiger partial charge in [-0.15, -0.1) is 0 Å². The number of halogens is 3. The topological polar surface area (TPSA) is 9.23 Å². The van der Waals surface area contributed by atoms with Crippen molar-refractivity contribution in [3.8, 4) is 0 Å². The van der Waals surface area contributed by atoms with E-state index in [4.69, 9.17) is 0 Å². The van der Waals surface area contributed by atoms with Crippen LogP contribution in [0.3, 0.4) is 0 Å². The normalized spacial score (nSPS) is 12.3. The van der Waals surface area contributed by atoms with Gasteiger partial charge < -0.3 is 4.74 Å². The molecule has 90 valence electrons. The summed E-state index contributed by atoms with van der Waals surface area (Å²) in [5.74, 6) is 0.249. The number of hydrogen-bond acceptors (Lipinski definition) is 1. The molecule has 0 bridgehead atoms. The summed E-state index contributed by atoms with van der Waals surface area (Å²) in [5, 5.41) is 0. The predicted molar refractivity (Wildman–Crippen MR) is 56.5 cm³/mol. The summed E-state index contributed by atoms with van der Waals surface area (Å²) in [5.41, 5.74) is 0. The number of alkyl halides is 3. The molecule has 0 saturated heterocycles. The van der Waals surface area contributed by atoms with E-state index >= 15 is 0 Å². The van der Waals surface area contributed by atoms with Crippen LogP contribution in [0, 0.1) is 0 Å².